The molecule has 1 aliphatic heterocycles. The van der Waals surface area contributed by atoms with E-state index >= 15 is 0 Å². The zero-order chi connectivity index (χ0) is 14.2. The number of anilines is 1. The third kappa shape index (κ3) is 2.67. The van der Waals surface area contributed by atoms with E-state index in [9.17, 15) is 22.8 Å². The summed E-state index contributed by atoms with van der Waals surface area (Å²) in [4.78, 5) is 27.0. The maximum atomic E-state index is 12.5. The van der Waals surface area contributed by atoms with Crippen molar-refractivity contribution >= 4 is 17.7 Å². The molecule has 0 aromatic carbocycles. The molecule has 0 aliphatic carbocycles. The van der Waals surface area contributed by atoms with Gasteiger partial charge in [0.25, 0.3) is 0 Å². The highest BCUT2D eigenvalue weighted by Gasteiger charge is 2.37. The van der Waals surface area contributed by atoms with Crippen molar-refractivity contribution in [2.75, 3.05) is 11.4 Å². The largest absolute Gasteiger partial charge is 0.481 e. The van der Waals surface area contributed by atoms with Crippen LogP contribution < -0.4 is 4.90 Å². The summed E-state index contributed by atoms with van der Waals surface area (Å²) in [6, 6.07) is 1.53. The Bertz CT molecular complexity index is 530. The molecule has 19 heavy (non-hydrogen) atoms. The van der Waals surface area contributed by atoms with Crippen molar-refractivity contribution in [3.8, 4) is 0 Å². The van der Waals surface area contributed by atoms with E-state index < -0.39 is 29.5 Å². The number of rotatable bonds is 2. The van der Waals surface area contributed by atoms with E-state index in [1.165, 1.54) is 0 Å². The van der Waals surface area contributed by atoms with E-state index in [-0.39, 0.29) is 18.8 Å². The SMILES string of the molecule is O=C(O)C1CC(=O)N(c2cc(C(F)(F)F)ccn2)C1. The van der Waals surface area contributed by atoms with Crippen molar-refractivity contribution < 1.29 is 27.9 Å². The van der Waals surface area contributed by atoms with Crippen LogP contribution in [-0.4, -0.2) is 28.5 Å². The molecule has 1 aliphatic rings. The number of nitrogens with zero attached hydrogens (tertiary/aromatic N) is 2. The summed E-state index contributed by atoms with van der Waals surface area (Å²) in [5.41, 5.74) is -0.927. The Morgan fingerprint density at radius 1 is 1.47 bits per heavy atom. The molecule has 102 valence electrons. The van der Waals surface area contributed by atoms with Gasteiger partial charge in [-0.05, 0) is 12.1 Å². The van der Waals surface area contributed by atoms with E-state index in [2.05, 4.69) is 4.98 Å². The third-order valence-electron chi connectivity index (χ3n) is 2.82. The second kappa shape index (κ2) is 4.52. The molecule has 2 heterocycles. The fourth-order valence-electron chi connectivity index (χ4n) is 1.84. The summed E-state index contributed by atoms with van der Waals surface area (Å²) in [6.07, 6.45) is -3.82. The standard InChI is InChI=1S/C11H9F3N2O3/c12-11(13,14)7-1-2-15-8(4-7)16-5-6(10(18)19)3-9(16)17/h1-2,4,6H,3,5H2,(H,18,19). The molecule has 1 saturated heterocycles. The Balaban J connectivity index is 2.28. The molecule has 1 aromatic rings. The average molecular weight is 274 g/mol. The van der Waals surface area contributed by atoms with Crippen molar-refractivity contribution in [2.45, 2.75) is 12.6 Å². The number of carboxylic acids is 1. The van der Waals surface area contributed by atoms with Crippen LogP contribution in [0.15, 0.2) is 18.3 Å². The minimum absolute atomic E-state index is 0.164. The Morgan fingerprint density at radius 2 is 2.16 bits per heavy atom. The van der Waals surface area contributed by atoms with E-state index in [1.54, 1.807) is 0 Å². The zero-order valence-electron chi connectivity index (χ0n) is 9.52. The van der Waals surface area contributed by atoms with Crippen LogP contribution in [0, 0.1) is 5.92 Å². The smallest absolute Gasteiger partial charge is 0.416 e. The van der Waals surface area contributed by atoms with Gasteiger partial charge in [-0.25, -0.2) is 4.98 Å². The molecule has 1 fully saturated rings. The van der Waals surface area contributed by atoms with Crippen LogP contribution in [0.5, 0.6) is 0 Å². The highest BCUT2D eigenvalue weighted by atomic mass is 19.4. The molecule has 1 atom stereocenters. The molecule has 0 radical (unpaired) electrons. The Labute approximate surface area is 105 Å². The first-order valence-corrected chi connectivity index (χ1v) is 5.35. The van der Waals surface area contributed by atoms with Crippen LogP contribution in [0.25, 0.3) is 0 Å². The normalized spacial score (nSPS) is 19.8. The Kier molecular flexibility index (Phi) is 3.17. The maximum absolute atomic E-state index is 12.5. The monoisotopic (exact) mass is 274 g/mol. The van der Waals surface area contributed by atoms with Crippen LogP contribution in [0.2, 0.25) is 0 Å². The topological polar surface area (TPSA) is 70.5 Å². The number of halogens is 3. The van der Waals surface area contributed by atoms with Crippen LogP contribution >= 0.6 is 0 Å². The number of aromatic nitrogens is 1. The summed E-state index contributed by atoms with van der Waals surface area (Å²) >= 11 is 0. The molecular weight excluding hydrogens is 265 g/mol. The van der Waals surface area contributed by atoms with Gasteiger partial charge in [0.05, 0.1) is 11.5 Å². The number of carbonyl (C=O) groups is 2. The zero-order valence-corrected chi connectivity index (χ0v) is 9.52. The van der Waals surface area contributed by atoms with Crippen LogP contribution in [0.3, 0.4) is 0 Å². The number of alkyl halides is 3. The van der Waals surface area contributed by atoms with Crippen molar-refractivity contribution in [2.24, 2.45) is 5.92 Å². The van der Waals surface area contributed by atoms with E-state index in [0.29, 0.717) is 0 Å². The molecular formula is C11H9F3N2O3. The molecule has 5 nitrogen and oxygen atoms in total. The summed E-state index contributed by atoms with van der Waals surface area (Å²) in [7, 11) is 0. The fourth-order valence-corrected chi connectivity index (χ4v) is 1.84. The summed E-state index contributed by atoms with van der Waals surface area (Å²) in [6.45, 7) is -0.164. The van der Waals surface area contributed by atoms with E-state index in [1.807, 2.05) is 0 Å². The minimum atomic E-state index is -4.54. The molecule has 1 unspecified atom stereocenters. The lowest BCUT2D eigenvalue weighted by Gasteiger charge is -2.16. The number of hydrogen-bond acceptors (Lipinski definition) is 3. The van der Waals surface area contributed by atoms with Crippen molar-refractivity contribution in [3.05, 3.63) is 23.9 Å². The quantitative estimate of drug-likeness (QED) is 0.888. The number of carbonyl (C=O) groups excluding carboxylic acids is 1. The van der Waals surface area contributed by atoms with Gasteiger partial charge in [-0.3, -0.25) is 14.5 Å². The minimum Gasteiger partial charge on any atom is -0.481 e. The van der Waals surface area contributed by atoms with Gasteiger partial charge >= 0.3 is 12.1 Å². The molecule has 1 amide bonds. The van der Waals surface area contributed by atoms with Crippen molar-refractivity contribution in [1.82, 2.24) is 4.98 Å². The first-order chi connectivity index (χ1) is 8.79. The molecule has 0 bridgehead atoms. The number of carboxylic acid groups (broad SMARTS) is 1. The van der Waals surface area contributed by atoms with Gasteiger partial charge in [0.2, 0.25) is 5.91 Å². The highest BCUT2D eigenvalue weighted by molar-refractivity contribution is 5.98. The molecule has 0 spiro atoms. The van der Waals surface area contributed by atoms with Crippen LogP contribution in [0.1, 0.15) is 12.0 Å². The van der Waals surface area contributed by atoms with Gasteiger partial charge in [-0.2, -0.15) is 13.2 Å². The number of pyridine rings is 1. The molecule has 1 aromatic heterocycles. The summed E-state index contributed by atoms with van der Waals surface area (Å²) in [5.74, 6) is -2.78. The van der Waals surface area contributed by atoms with E-state index in [4.69, 9.17) is 5.11 Å². The second-order valence-corrected chi connectivity index (χ2v) is 4.14. The second-order valence-electron chi connectivity index (χ2n) is 4.14. The van der Waals surface area contributed by atoms with Crippen LogP contribution in [0.4, 0.5) is 19.0 Å². The lowest BCUT2D eigenvalue weighted by molar-refractivity contribution is -0.141. The van der Waals surface area contributed by atoms with Crippen molar-refractivity contribution in [3.63, 3.8) is 0 Å². The van der Waals surface area contributed by atoms with Gasteiger partial charge in [-0.1, -0.05) is 0 Å². The lowest BCUT2D eigenvalue weighted by atomic mass is 10.1. The summed E-state index contributed by atoms with van der Waals surface area (Å²) in [5, 5.41) is 8.80. The predicted molar refractivity (Wildman–Crippen MR) is 57.3 cm³/mol. The van der Waals surface area contributed by atoms with E-state index in [0.717, 1.165) is 23.2 Å². The molecule has 2 rings (SSSR count). The third-order valence-corrected chi connectivity index (χ3v) is 2.82. The average Bonchev–Trinajstić information content (AvgIpc) is 2.71. The molecule has 8 heteroatoms. The summed E-state index contributed by atoms with van der Waals surface area (Å²) < 4.78 is 37.6. The van der Waals surface area contributed by atoms with Gasteiger partial charge in [0, 0.05) is 19.2 Å². The highest BCUT2D eigenvalue weighted by Crippen LogP contribution is 2.32. The van der Waals surface area contributed by atoms with Crippen molar-refractivity contribution in [1.29, 1.82) is 0 Å². The number of aliphatic carboxylic acids is 1. The Morgan fingerprint density at radius 3 is 2.68 bits per heavy atom. The maximum Gasteiger partial charge on any atom is 0.416 e. The lowest BCUT2D eigenvalue weighted by Crippen LogP contribution is -2.27. The first kappa shape index (κ1) is 13.3. The molecule has 1 N–H and O–H groups in total. The van der Waals surface area contributed by atoms with Gasteiger partial charge < -0.3 is 5.11 Å². The molecule has 0 saturated carbocycles. The number of hydrogen-bond donors (Lipinski definition) is 1. The fraction of sp³-hybridized carbons (Fsp3) is 0.364. The van der Waals surface area contributed by atoms with Gasteiger partial charge in [0.15, 0.2) is 0 Å². The Hall–Kier alpha value is -2.12. The predicted octanol–water partition coefficient (Wildman–Crippen LogP) is 1.54. The van der Waals surface area contributed by atoms with Gasteiger partial charge in [-0.15, -0.1) is 0 Å². The van der Waals surface area contributed by atoms with Crippen LogP contribution in [-0.2, 0) is 15.8 Å². The van der Waals surface area contributed by atoms with Gasteiger partial charge in [0.1, 0.15) is 5.82 Å². The first-order valence-electron chi connectivity index (χ1n) is 5.35. The number of amides is 1.